The number of hydrogen-bond donors (Lipinski definition) is 1. The minimum Gasteiger partial charge on any atom is -0.492 e. The van der Waals surface area contributed by atoms with Crippen molar-refractivity contribution in [2.45, 2.75) is 0 Å². The number of carbonyl (C=O) groups excluding carboxylic acids is 2. The number of rotatable bonds is 6. The van der Waals surface area contributed by atoms with Crippen molar-refractivity contribution in [3.05, 3.63) is 59.0 Å². The maximum atomic E-state index is 11.6. The fourth-order valence-corrected chi connectivity index (χ4v) is 4.29. The smallest absolute Gasteiger partial charge is 0.290 e. The summed E-state index contributed by atoms with van der Waals surface area (Å²) in [5.41, 5.74) is 1.85. The molecule has 1 aliphatic rings. The van der Waals surface area contributed by atoms with Gasteiger partial charge >= 0.3 is 0 Å². The van der Waals surface area contributed by atoms with E-state index >= 15 is 0 Å². The monoisotopic (exact) mass is 411 g/mol. The van der Waals surface area contributed by atoms with Crippen molar-refractivity contribution in [1.82, 2.24) is 10.3 Å². The molecule has 1 aromatic heterocycles. The normalized spacial score (nSPS) is 15.2. The molecule has 2 aromatic carbocycles. The molecule has 0 radical (unpaired) electrons. The minimum absolute atomic E-state index is 0.339. The average molecular weight is 412 g/mol. The lowest BCUT2D eigenvalue weighted by Crippen LogP contribution is -2.23. The van der Waals surface area contributed by atoms with Crippen LogP contribution in [0.5, 0.6) is 5.75 Å². The highest BCUT2D eigenvalue weighted by Gasteiger charge is 2.24. The Balaban J connectivity index is 1.32. The zero-order valence-corrected chi connectivity index (χ0v) is 16.7. The van der Waals surface area contributed by atoms with E-state index < -0.39 is 0 Å². The van der Waals surface area contributed by atoms with Crippen LogP contribution in [0, 0.1) is 0 Å². The quantitative estimate of drug-likeness (QED) is 0.615. The molecular formula is C20H17N3O3S2. The first-order chi connectivity index (χ1) is 13.6. The number of fused-ring (bicyclic) bond motifs is 1. The van der Waals surface area contributed by atoms with Gasteiger partial charge in [0.05, 0.1) is 21.7 Å². The lowest BCUT2D eigenvalue weighted by molar-refractivity contribution is -0.115. The summed E-state index contributed by atoms with van der Waals surface area (Å²) in [6.07, 6.45) is 1.69. The van der Waals surface area contributed by atoms with Gasteiger partial charge in [-0.05, 0) is 47.7 Å². The third-order valence-electron chi connectivity index (χ3n) is 4.12. The Kier molecular flexibility index (Phi) is 5.31. The van der Waals surface area contributed by atoms with Gasteiger partial charge in [0.15, 0.2) is 5.13 Å². The van der Waals surface area contributed by atoms with Crippen molar-refractivity contribution >= 4 is 55.7 Å². The number of imide groups is 1. The van der Waals surface area contributed by atoms with Crippen molar-refractivity contribution in [2.24, 2.45) is 0 Å². The first-order valence-corrected chi connectivity index (χ1v) is 10.3. The summed E-state index contributed by atoms with van der Waals surface area (Å²) >= 11 is 2.57. The Morgan fingerprint density at radius 1 is 1.14 bits per heavy atom. The molecule has 142 valence electrons. The summed E-state index contributed by atoms with van der Waals surface area (Å²) in [5, 5.41) is 2.87. The molecule has 28 heavy (non-hydrogen) atoms. The standard InChI is InChI=1S/C20H17N3O3S2/c1-23(19-21-15-4-2-3-5-16(15)27-19)10-11-26-14-8-6-13(7-9-14)12-17-18(24)22-20(25)28-17/h2-9,12H,10-11H2,1H3,(H,22,24,25)/b17-12+. The van der Waals surface area contributed by atoms with Gasteiger partial charge in [0, 0.05) is 7.05 Å². The maximum Gasteiger partial charge on any atom is 0.290 e. The fraction of sp³-hybridized carbons (Fsp3) is 0.150. The molecule has 3 aromatic rings. The lowest BCUT2D eigenvalue weighted by Gasteiger charge is -2.16. The van der Waals surface area contributed by atoms with Crippen LogP contribution in [0.2, 0.25) is 0 Å². The number of thioether (sulfide) groups is 1. The first-order valence-electron chi connectivity index (χ1n) is 8.63. The Labute approximate surface area is 170 Å². The summed E-state index contributed by atoms with van der Waals surface area (Å²) in [6, 6.07) is 15.5. The van der Waals surface area contributed by atoms with Gasteiger partial charge < -0.3 is 9.64 Å². The van der Waals surface area contributed by atoms with Crippen LogP contribution in [0.4, 0.5) is 9.93 Å². The van der Waals surface area contributed by atoms with Crippen LogP contribution in [-0.4, -0.2) is 36.3 Å². The topological polar surface area (TPSA) is 71.5 Å². The molecule has 0 atom stereocenters. The van der Waals surface area contributed by atoms with E-state index in [1.165, 1.54) is 4.70 Å². The number of aromatic nitrogens is 1. The molecule has 6 nitrogen and oxygen atoms in total. The number of likely N-dealkylation sites (N-methyl/N-ethyl adjacent to an activating group) is 1. The van der Waals surface area contributed by atoms with Gasteiger partial charge in [0.2, 0.25) is 0 Å². The molecule has 8 heteroatoms. The molecule has 1 fully saturated rings. The number of carbonyl (C=O) groups is 2. The van der Waals surface area contributed by atoms with Crippen LogP contribution in [0.15, 0.2) is 53.4 Å². The van der Waals surface area contributed by atoms with E-state index in [-0.39, 0.29) is 11.1 Å². The van der Waals surface area contributed by atoms with E-state index in [1.54, 1.807) is 17.4 Å². The second-order valence-electron chi connectivity index (χ2n) is 6.16. The highest BCUT2D eigenvalue weighted by atomic mass is 32.2. The van der Waals surface area contributed by atoms with E-state index in [0.29, 0.717) is 18.1 Å². The summed E-state index contributed by atoms with van der Waals surface area (Å²) < 4.78 is 6.98. The molecule has 2 heterocycles. The molecule has 1 N–H and O–H groups in total. The number of nitrogens with one attached hydrogen (secondary N) is 1. The molecule has 1 aliphatic heterocycles. The van der Waals surface area contributed by atoms with Crippen LogP contribution in [0.3, 0.4) is 0 Å². The Bertz CT molecular complexity index is 1030. The van der Waals surface area contributed by atoms with Crippen LogP contribution in [-0.2, 0) is 4.79 Å². The molecule has 1 saturated heterocycles. The second kappa shape index (κ2) is 8.04. The Hall–Kier alpha value is -2.84. The number of benzene rings is 2. The molecule has 0 spiro atoms. The Morgan fingerprint density at radius 2 is 1.93 bits per heavy atom. The van der Waals surface area contributed by atoms with Gasteiger partial charge in [-0.25, -0.2) is 4.98 Å². The van der Waals surface area contributed by atoms with Crippen molar-refractivity contribution in [3.8, 4) is 5.75 Å². The summed E-state index contributed by atoms with van der Waals surface area (Å²) in [5.74, 6) is 0.396. The fourth-order valence-electron chi connectivity index (χ4n) is 2.65. The number of anilines is 1. The minimum atomic E-state index is -0.354. The van der Waals surface area contributed by atoms with Crippen LogP contribution >= 0.6 is 23.1 Å². The van der Waals surface area contributed by atoms with Crippen LogP contribution in [0.1, 0.15) is 5.56 Å². The van der Waals surface area contributed by atoms with Crippen LogP contribution < -0.4 is 15.0 Å². The SMILES string of the molecule is CN(CCOc1ccc(/C=C2/SC(=O)NC2=O)cc1)c1nc2ccccc2s1. The van der Waals surface area contributed by atoms with Gasteiger partial charge in [-0.15, -0.1) is 0 Å². The second-order valence-corrected chi connectivity index (χ2v) is 8.18. The first kappa shape index (κ1) is 18.5. The number of amides is 2. The van der Waals surface area contributed by atoms with E-state index in [1.807, 2.05) is 49.5 Å². The van der Waals surface area contributed by atoms with Crippen molar-refractivity contribution in [1.29, 1.82) is 0 Å². The highest BCUT2D eigenvalue weighted by molar-refractivity contribution is 8.18. The zero-order valence-electron chi connectivity index (χ0n) is 15.0. The van der Waals surface area contributed by atoms with Gasteiger partial charge in [-0.3, -0.25) is 14.9 Å². The molecule has 4 rings (SSSR count). The lowest BCUT2D eigenvalue weighted by atomic mass is 10.2. The van der Waals surface area contributed by atoms with Gasteiger partial charge in [0.1, 0.15) is 12.4 Å². The van der Waals surface area contributed by atoms with E-state index in [4.69, 9.17) is 4.74 Å². The maximum absolute atomic E-state index is 11.6. The predicted molar refractivity (Wildman–Crippen MR) is 114 cm³/mol. The zero-order chi connectivity index (χ0) is 19.5. The molecular weight excluding hydrogens is 394 g/mol. The summed E-state index contributed by atoms with van der Waals surface area (Å²) in [4.78, 5) is 29.9. The number of thiazole rings is 1. The predicted octanol–water partition coefficient (Wildman–Crippen LogP) is 4.14. The number of nitrogens with zero attached hydrogens (tertiary/aromatic N) is 2. The van der Waals surface area contributed by atoms with E-state index in [0.717, 1.165) is 33.7 Å². The molecule has 2 amide bonds. The van der Waals surface area contributed by atoms with Gasteiger partial charge in [-0.2, -0.15) is 0 Å². The summed E-state index contributed by atoms with van der Waals surface area (Å²) in [7, 11) is 2.00. The van der Waals surface area contributed by atoms with Gasteiger partial charge in [-0.1, -0.05) is 35.6 Å². The largest absolute Gasteiger partial charge is 0.492 e. The van der Waals surface area contributed by atoms with Crippen molar-refractivity contribution < 1.29 is 14.3 Å². The van der Waals surface area contributed by atoms with Crippen molar-refractivity contribution in [3.63, 3.8) is 0 Å². The molecule has 0 bridgehead atoms. The third-order valence-corrected chi connectivity index (χ3v) is 6.09. The number of para-hydroxylation sites is 1. The van der Waals surface area contributed by atoms with Gasteiger partial charge in [0.25, 0.3) is 11.1 Å². The third kappa shape index (κ3) is 4.18. The average Bonchev–Trinajstić information content (AvgIpc) is 3.26. The molecule has 0 unspecified atom stereocenters. The van der Waals surface area contributed by atoms with Crippen molar-refractivity contribution in [2.75, 3.05) is 25.1 Å². The summed E-state index contributed by atoms with van der Waals surface area (Å²) in [6.45, 7) is 1.24. The van der Waals surface area contributed by atoms with Crippen LogP contribution in [0.25, 0.3) is 16.3 Å². The van der Waals surface area contributed by atoms with E-state index in [2.05, 4.69) is 21.3 Å². The molecule has 0 aliphatic carbocycles. The molecule has 0 saturated carbocycles. The van der Waals surface area contributed by atoms with E-state index in [9.17, 15) is 9.59 Å². The number of hydrogen-bond acceptors (Lipinski definition) is 7. The Morgan fingerprint density at radius 3 is 2.64 bits per heavy atom. The highest BCUT2D eigenvalue weighted by Crippen LogP contribution is 2.28. The number of ether oxygens (including phenoxy) is 1.